The zero-order valence-corrected chi connectivity index (χ0v) is 20.4. The molecule has 0 aromatic rings. The predicted molar refractivity (Wildman–Crippen MR) is 119 cm³/mol. The van der Waals surface area contributed by atoms with E-state index in [2.05, 4.69) is 88.4 Å². The van der Waals surface area contributed by atoms with E-state index in [0.717, 1.165) is 0 Å². The molecule has 1 nitrogen and oxygen atoms in total. The van der Waals surface area contributed by atoms with Gasteiger partial charge in [-0.2, -0.15) is 0 Å². The van der Waals surface area contributed by atoms with Crippen molar-refractivity contribution in [2.75, 3.05) is 13.1 Å². The highest BCUT2D eigenvalue weighted by Crippen LogP contribution is 2.60. The molecule has 1 saturated carbocycles. The fourth-order valence-corrected chi connectivity index (χ4v) is 6.70. The van der Waals surface area contributed by atoms with Gasteiger partial charge in [0.1, 0.15) is 0 Å². The first kappa shape index (κ1) is 24.0. The van der Waals surface area contributed by atoms with Gasteiger partial charge in [0.15, 0.2) is 0 Å². The smallest absolute Gasteiger partial charge is 0.00183 e. The molecule has 0 spiro atoms. The lowest BCUT2D eigenvalue weighted by Crippen LogP contribution is -2.47. The fraction of sp³-hybridized carbons (Fsp3) is 1.00. The molecule has 0 unspecified atom stereocenters. The van der Waals surface area contributed by atoms with Crippen molar-refractivity contribution in [1.82, 2.24) is 5.32 Å². The summed E-state index contributed by atoms with van der Waals surface area (Å²) in [6.07, 6.45) is 7.06. The van der Waals surface area contributed by atoms with Crippen LogP contribution < -0.4 is 5.32 Å². The van der Waals surface area contributed by atoms with Crippen LogP contribution in [-0.4, -0.2) is 13.1 Å². The second kappa shape index (κ2) is 7.41. The van der Waals surface area contributed by atoms with Gasteiger partial charge < -0.3 is 5.32 Å². The van der Waals surface area contributed by atoms with E-state index in [0.29, 0.717) is 32.5 Å². The first-order valence-corrected chi connectivity index (χ1v) is 11.1. The van der Waals surface area contributed by atoms with Crippen LogP contribution in [0, 0.1) is 32.5 Å². The molecule has 2 fully saturated rings. The summed E-state index contributed by atoms with van der Waals surface area (Å²) in [5.74, 6) is 0. The van der Waals surface area contributed by atoms with Gasteiger partial charge in [-0.25, -0.2) is 0 Å². The fourth-order valence-electron chi connectivity index (χ4n) is 6.70. The number of rotatable bonds is 0. The largest absolute Gasteiger partial charge is 0.316 e. The van der Waals surface area contributed by atoms with Gasteiger partial charge in [0.05, 0.1) is 0 Å². The highest BCUT2D eigenvalue weighted by molar-refractivity contribution is 5.03. The van der Waals surface area contributed by atoms with E-state index in [-0.39, 0.29) is 0 Å². The molecular weight excluding hydrogens is 314 g/mol. The molecule has 156 valence electrons. The van der Waals surface area contributed by atoms with E-state index in [1.165, 1.54) is 45.2 Å². The normalized spacial score (nSPS) is 23.5. The Hall–Kier alpha value is -0.0400. The average molecular weight is 366 g/mol. The standard InChI is InChI=1S/C13H26.C12H25N/c1-11(2,3)13(12(4,5)6)9-7-8-10-13;1-10(2,3)12(11(4,5)6)7-8-13-9-12/h7-10H2,1-6H3;13H,7-9H2,1-6H3. The summed E-state index contributed by atoms with van der Waals surface area (Å²) in [7, 11) is 0. The van der Waals surface area contributed by atoms with Crippen molar-refractivity contribution >= 4 is 0 Å². The minimum atomic E-state index is 0.398. The van der Waals surface area contributed by atoms with E-state index in [1.54, 1.807) is 0 Å². The van der Waals surface area contributed by atoms with Crippen molar-refractivity contribution < 1.29 is 0 Å². The van der Waals surface area contributed by atoms with Crippen LogP contribution in [0.2, 0.25) is 0 Å². The molecular formula is C25H51N. The lowest BCUT2D eigenvalue weighted by atomic mass is 9.53. The summed E-state index contributed by atoms with van der Waals surface area (Å²) in [5.41, 5.74) is 2.74. The molecule has 1 aliphatic heterocycles. The van der Waals surface area contributed by atoms with Gasteiger partial charge in [0.25, 0.3) is 0 Å². The Morgan fingerprint density at radius 2 is 0.846 bits per heavy atom. The van der Waals surface area contributed by atoms with Crippen LogP contribution in [0.25, 0.3) is 0 Å². The van der Waals surface area contributed by atoms with Crippen molar-refractivity contribution in [2.24, 2.45) is 32.5 Å². The van der Waals surface area contributed by atoms with Gasteiger partial charge >= 0.3 is 0 Å². The third kappa shape index (κ3) is 4.34. The molecule has 0 amide bonds. The predicted octanol–water partition coefficient (Wildman–Crippen LogP) is 7.70. The number of hydrogen-bond acceptors (Lipinski definition) is 1. The lowest BCUT2D eigenvalue weighted by molar-refractivity contribution is -0.0253. The Kier molecular flexibility index (Phi) is 6.84. The van der Waals surface area contributed by atoms with Crippen LogP contribution in [0.3, 0.4) is 0 Å². The summed E-state index contributed by atoms with van der Waals surface area (Å²) in [5, 5.41) is 3.53. The van der Waals surface area contributed by atoms with E-state index in [9.17, 15) is 0 Å². The molecule has 1 N–H and O–H groups in total. The Morgan fingerprint density at radius 3 is 1.00 bits per heavy atom. The van der Waals surface area contributed by atoms with Gasteiger partial charge in [-0.05, 0) is 58.3 Å². The molecule has 1 aliphatic carbocycles. The maximum atomic E-state index is 3.53. The summed E-state index contributed by atoms with van der Waals surface area (Å²) in [6.45, 7) is 31.2. The van der Waals surface area contributed by atoms with Gasteiger partial charge in [0.2, 0.25) is 0 Å². The Labute approximate surface area is 166 Å². The van der Waals surface area contributed by atoms with Crippen molar-refractivity contribution in [1.29, 1.82) is 0 Å². The molecule has 0 bridgehead atoms. The molecule has 0 aromatic heterocycles. The average Bonchev–Trinajstić information content (AvgIpc) is 3.07. The molecule has 0 atom stereocenters. The summed E-state index contributed by atoms with van der Waals surface area (Å²) < 4.78 is 0. The minimum Gasteiger partial charge on any atom is -0.316 e. The highest BCUT2D eigenvalue weighted by Gasteiger charge is 2.52. The minimum absolute atomic E-state index is 0.398. The monoisotopic (exact) mass is 365 g/mol. The second-order valence-corrected chi connectivity index (χ2v) is 13.3. The molecule has 2 aliphatic rings. The third-order valence-corrected chi connectivity index (χ3v) is 8.36. The number of nitrogens with one attached hydrogen (secondary N) is 1. The maximum absolute atomic E-state index is 3.53. The Balaban J connectivity index is 0.000000260. The molecule has 26 heavy (non-hydrogen) atoms. The number of hydrogen-bond donors (Lipinski definition) is 1. The van der Waals surface area contributed by atoms with Crippen LogP contribution >= 0.6 is 0 Å². The quantitative estimate of drug-likeness (QED) is 0.463. The molecule has 0 radical (unpaired) electrons. The van der Waals surface area contributed by atoms with Crippen LogP contribution in [0.5, 0.6) is 0 Å². The van der Waals surface area contributed by atoms with Crippen molar-refractivity contribution in [3.63, 3.8) is 0 Å². The van der Waals surface area contributed by atoms with Crippen LogP contribution in [0.4, 0.5) is 0 Å². The van der Waals surface area contributed by atoms with Crippen LogP contribution in [0.1, 0.15) is 115 Å². The van der Waals surface area contributed by atoms with E-state index in [1.807, 2.05) is 0 Å². The van der Waals surface area contributed by atoms with E-state index in [4.69, 9.17) is 0 Å². The van der Waals surface area contributed by atoms with E-state index < -0.39 is 0 Å². The maximum Gasteiger partial charge on any atom is 0.00183 e. The van der Waals surface area contributed by atoms with E-state index >= 15 is 0 Å². The highest BCUT2D eigenvalue weighted by atomic mass is 14.9. The summed E-state index contributed by atoms with van der Waals surface area (Å²) in [6, 6.07) is 0. The van der Waals surface area contributed by atoms with Gasteiger partial charge in [0, 0.05) is 6.54 Å². The molecule has 0 aromatic carbocycles. The van der Waals surface area contributed by atoms with Crippen LogP contribution in [0.15, 0.2) is 0 Å². The van der Waals surface area contributed by atoms with Gasteiger partial charge in [-0.1, -0.05) is 95.9 Å². The van der Waals surface area contributed by atoms with Crippen LogP contribution in [-0.2, 0) is 0 Å². The lowest BCUT2D eigenvalue weighted by Gasteiger charge is -2.52. The zero-order chi connectivity index (χ0) is 20.7. The molecule has 2 rings (SSSR count). The second-order valence-electron chi connectivity index (χ2n) is 13.3. The zero-order valence-electron chi connectivity index (χ0n) is 20.4. The first-order valence-electron chi connectivity index (χ1n) is 11.1. The van der Waals surface area contributed by atoms with Crippen molar-refractivity contribution in [3.8, 4) is 0 Å². The molecule has 1 saturated heterocycles. The topological polar surface area (TPSA) is 12.0 Å². The van der Waals surface area contributed by atoms with Crippen molar-refractivity contribution in [3.05, 3.63) is 0 Å². The first-order chi connectivity index (χ1) is 11.4. The summed E-state index contributed by atoms with van der Waals surface area (Å²) in [4.78, 5) is 0. The summed E-state index contributed by atoms with van der Waals surface area (Å²) >= 11 is 0. The van der Waals surface area contributed by atoms with Gasteiger partial charge in [-0.15, -0.1) is 0 Å². The van der Waals surface area contributed by atoms with Gasteiger partial charge in [-0.3, -0.25) is 0 Å². The SMILES string of the molecule is CC(C)(C)C1(C(C)(C)C)CCCC1.CC(C)(C)C1(C(C)(C)C)CCNC1. The Bertz CT molecular complexity index is 357. The Morgan fingerprint density at radius 1 is 0.500 bits per heavy atom. The third-order valence-electron chi connectivity index (χ3n) is 8.36. The molecule has 1 heteroatoms. The molecule has 1 heterocycles. The van der Waals surface area contributed by atoms with Crippen molar-refractivity contribution in [2.45, 2.75) is 115 Å².